The molecule has 1 heterocycles. The first-order valence-electron chi connectivity index (χ1n) is 8.99. The molecule has 0 saturated carbocycles. The fourth-order valence-electron chi connectivity index (χ4n) is 2.68. The number of aryl methyl sites for hydroxylation is 1. The number of methoxy groups -OCH3 is 1. The van der Waals surface area contributed by atoms with E-state index >= 15 is 0 Å². The smallest absolute Gasteiger partial charge is 0.267 e. The zero-order valence-electron chi connectivity index (χ0n) is 16.2. The maximum absolute atomic E-state index is 12.0. The molecule has 1 aromatic heterocycles. The van der Waals surface area contributed by atoms with Crippen molar-refractivity contribution in [1.29, 1.82) is 0 Å². The first kappa shape index (κ1) is 19.9. The molecule has 3 rings (SSSR count). The van der Waals surface area contributed by atoms with E-state index in [2.05, 4.69) is 20.7 Å². The van der Waals surface area contributed by atoms with Gasteiger partial charge in [-0.2, -0.15) is 5.10 Å². The summed E-state index contributed by atoms with van der Waals surface area (Å²) in [6.45, 7) is 2.15. The molecule has 2 aromatic carbocycles. The van der Waals surface area contributed by atoms with Gasteiger partial charge in [-0.05, 0) is 36.2 Å². The SMILES string of the molecule is COc1cc(C=NNC(=O)Cc2c(C)[nH][nH]c2=O)ccc1OCc1ccccc1. The second-order valence-corrected chi connectivity index (χ2v) is 6.34. The van der Waals surface area contributed by atoms with Crippen LogP contribution in [0.15, 0.2) is 58.4 Å². The minimum absolute atomic E-state index is 0.0579. The van der Waals surface area contributed by atoms with Gasteiger partial charge in [0.05, 0.1) is 19.7 Å². The summed E-state index contributed by atoms with van der Waals surface area (Å²) in [5.41, 5.74) is 4.91. The lowest BCUT2D eigenvalue weighted by Crippen LogP contribution is -2.23. The summed E-state index contributed by atoms with van der Waals surface area (Å²) in [6, 6.07) is 15.2. The van der Waals surface area contributed by atoms with Crippen molar-refractivity contribution in [3.8, 4) is 11.5 Å². The average molecular weight is 394 g/mol. The van der Waals surface area contributed by atoms with Crippen molar-refractivity contribution in [3.05, 3.63) is 81.3 Å². The second-order valence-electron chi connectivity index (χ2n) is 6.34. The Hall–Kier alpha value is -3.81. The number of H-pyrrole nitrogens is 2. The van der Waals surface area contributed by atoms with Gasteiger partial charge in [0.25, 0.3) is 5.56 Å². The fraction of sp³-hybridized carbons (Fsp3) is 0.190. The molecule has 1 amide bonds. The van der Waals surface area contributed by atoms with Crippen LogP contribution in [0, 0.1) is 6.92 Å². The van der Waals surface area contributed by atoms with Crippen LogP contribution in [0.5, 0.6) is 11.5 Å². The highest BCUT2D eigenvalue weighted by atomic mass is 16.5. The van der Waals surface area contributed by atoms with Crippen LogP contribution < -0.4 is 20.5 Å². The third-order valence-corrected chi connectivity index (χ3v) is 4.26. The Bertz CT molecular complexity index is 1050. The number of amides is 1. The second kappa shape index (κ2) is 9.41. The van der Waals surface area contributed by atoms with Gasteiger partial charge in [-0.1, -0.05) is 30.3 Å². The van der Waals surface area contributed by atoms with E-state index in [1.807, 2.05) is 30.3 Å². The Labute approximate surface area is 167 Å². The summed E-state index contributed by atoms with van der Waals surface area (Å²) in [5, 5.41) is 9.06. The number of hydrazone groups is 1. The van der Waals surface area contributed by atoms with Gasteiger partial charge in [0, 0.05) is 11.3 Å². The minimum atomic E-state index is -0.385. The van der Waals surface area contributed by atoms with Crippen LogP contribution in [0.25, 0.3) is 0 Å². The van der Waals surface area contributed by atoms with Crippen LogP contribution in [-0.2, 0) is 17.8 Å². The van der Waals surface area contributed by atoms with Gasteiger partial charge in [-0.3, -0.25) is 14.7 Å². The van der Waals surface area contributed by atoms with Crippen LogP contribution in [0.3, 0.4) is 0 Å². The first-order valence-corrected chi connectivity index (χ1v) is 8.99. The van der Waals surface area contributed by atoms with E-state index in [4.69, 9.17) is 9.47 Å². The Balaban J connectivity index is 1.59. The fourth-order valence-corrected chi connectivity index (χ4v) is 2.68. The number of benzene rings is 2. The van der Waals surface area contributed by atoms with Crippen molar-refractivity contribution < 1.29 is 14.3 Å². The minimum Gasteiger partial charge on any atom is -0.493 e. The molecule has 0 unspecified atom stereocenters. The molecule has 0 saturated heterocycles. The number of carbonyl (C=O) groups excluding carboxylic acids is 1. The Morgan fingerprint density at radius 2 is 1.93 bits per heavy atom. The van der Waals surface area contributed by atoms with Crippen LogP contribution in [0.4, 0.5) is 0 Å². The predicted molar refractivity (Wildman–Crippen MR) is 109 cm³/mol. The van der Waals surface area contributed by atoms with Crippen LogP contribution in [0.1, 0.15) is 22.4 Å². The summed E-state index contributed by atoms with van der Waals surface area (Å²) in [5.74, 6) is 0.787. The quantitative estimate of drug-likeness (QED) is 0.402. The van der Waals surface area contributed by atoms with E-state index in [9.17, 15) is 9.59 Å². The van der Waals surface area contributed by atoms with E-state index in [0.717, 1.165) is 11.1 Å². The number of nitrogens with one attached hydrogen (secondary N) is 3. The van der Waals surface area contributed by atoms with Crippen molar-refractivity contribution in [1.82, 2.24) is 15.6 Å². The molecule has 0 aliphatic rings. The average Bonchev–Trinajstić information content (AvgIpc) is 3.05. The molecule has 150 valence electrons. The third kappa shape index (κ3) is 5.35. The molecule has 8 nitrogen and oxygen atoms in total. The summed E-state index contributed by atoms with van der Waals surface area (Å²) in [4.78, 5) is 23.6. The number of hydrogen-bond donors (Lipinski definition) is 3. The maximum Gasteiger partial charge on any atom is 0.267 e. The topological polar surface area (TPSA) is 109 Å². The van der Waals surface area contributed by atoms with Gasteiger partial charge in [0.1, 0.15) is 6.61 Å². The molecule has 0 bridgehead atoms. The van der Waals surface area contributed by atoms with Crippen molar-refractivity contribution in [2.45, 2.75) is 20.0 Å². The summed E-state index contributed by atoms with van der Waals surface area (Å²) in [6.07, 6.45) is 1.44. The monoisotopic (exact) mass is 394 g/mol. The van der Waals surface area contributed by atoms with Gasteiger partial charge in [-0.25, -0.2) is 5.43 Å². The number of nitrogens with zero attached hydrogens (tertiary/aromatic N) is 1. The standard InChI is InChI=1S/C21H22N4O4/c1-14-17(21(27)25-23-14)11-20(26)24-22-12-16-8-9-18(19(10-16)28-2)29-13-15-6-4-3-5-7-15/h3-10,12H,11,13H2,1-2H3,(H,24,26)(H2,23,25,27). The molecular formula is C21H22N4O4. The Morgan fingerprint density at radius 3 is 2.62 bits per heavy atom. The van der Waals surface area contributed by atoms with Gasteiger partial charge >= 0.3 is 0 Å². The lowest BCUT2D eigenvalue weighted by molar-refractivity contribution is -0.120. The highest BCUT2D eigenvalue weighted by Crippen LogP contribution is 2.28. The highest BCUT2D eigenvalue weighted by molar-refractivity contribution is 5.84. The third-order valence-electron chi connectivity index (χ3n) is 4.26. The lowest BCUT2D eigenvalue weighted by atomic mass is 10.2. The van der Waals surface area contributed by atoms with E-state index in [-0.39, 0.29) is 17.9 Å². The van der Waals surface area contributed by atoms with Gasteiger partial charge in [0.2, 0.25) is 5.91 Å². The zero-order chi connectivity index (χ0) is 20.6. The molecule has 8 heteroatoms. The van der Waals surface area contributed by atoms with Crippen LogP contribution in [-0.4, -0.2) is 29.4 Å². The lowest BCUT2D eigenvalue weighted by Gasteiger charge is -2.11. The van der Waals surface area contributed by atoms with Crippen molar-refractivity contribution >= 4 is 12.1 Å². The number of rotatable bonds is 8. The largest absolute Gasteiger partial charge is 0.493 e. The molecule has 0 spiro atoms. The normalized spacial score (nSPS) is 10.8. The predicted octanol–water partition coefficient (Wildman–Crippen LogP) is 2.29. The molecule has 0 fully saturated rings. The first-order chi connectivity index (χ1) is 14.1. The Morgan fingerprint density at radius 1 is 1.14 bits per heavy atom. The summed E-state index contributed by atoms with van der Waals surface area (Å²) >= 11 is 0. The number of ether oxygens (including phenoxy) is 2. The molecule has 0 atom stereocenters. The highest BCUT2D eigenvalue weighted by Gasteiger charge is 2.11. The van der Waals surface area contributed by atoms with E-state index in [0.29, 0.717) is 29.4 Å². The number of aromatic amines is 2. The molecule has 3 N–H and O–H groups in total. The number of aromatic nitrogens is 2. The number of hydrogen-bond acceptors (Lipinski definition) is 5. The van der Waals surface area contributed by atoms with Crippen molar-refractivity contribution in [3.63, 3.8) is 0 Å². The molecule has 0 aliphatic carbocycles. The van der Waals surface area contributed by atoms with Crippen molar-refractivity contribution in [2.75, 3.05) is 7.11 Å². The molecule has 0 aliphatic heterocycles. The number of carbonyl (C=O) groups is 1. The molecule has 29 heavy (non-hydrogen) atoms. The molecule has 0 radical (unpaired) electrons. The van der Waals surface area contributed by atoms with Crippen molar-refractivity contribution in [2.24, 2.45) is 5.10 Å². The van der Waals surface area contributed by atoms with E-state index in [1.54, 1.807) is 32.2 Å². The zero-order valence-corrected chi connectivity index (χ0v) is 16.2. The summed E-state index contributed by atoms with van der Waals surface area (Å²) in [7, 11) is 1.56. The maximum atomic E-state index is 12.0. The van der Waals surface area contributed by atoms with Crippen LogP contribution in [0.2, 0.25) is 0 Å². The van der Waals surface area contributed by atoms with E-state index < -0.39 is 0 Å². The Kier molecular flexibility index (Phi) is 6.47. The van der Waals surface area contributed by atoms with Crippen LogP contribution >= 0.6 is 0 Å². The summed E-state index contributed by atoms with van der Waals surface area (Å²) < 4.78 is 11.2. The van der Waals surface area contributed by atoms with E-state index in [1.165, 1.54) is 6.21 Å². The molecular weight excluding hydrogens is 372 g/mol. The van der Waals surface area contributed by atoms with Gasteiger partial charge < -0.3 is 14.6 Å². The van der Waals surface area contributed by atoms with Gasteiger partial charge in [-0.15, -0.1) is 0 Å². The molecule has 3 aromatic rings. The van der Waals surface area contributed by atoms with Gasteiger partial charge in [0.15, 0.2) is 11.5 Å².